The minimum atomic E-state index is -0.359. The topological polar surface area (TPSA) is 72.7 Å². The van der Waals surface area contributed by atoms with Gasteiger partial charge in [-0.25, -0.2) is 15.0 Å². The Labute approximate surface area is 148 Å². The van der Waals surface area contributed by atoms with Crippen molar-refractivity contribution in [2.75, 3.05) is 5.32 Å². The summed E-state index contributed by atoms with van der Waals surface area (Å²) in [6.45, 7) is 3.85. The number of imidazole rings is 1. The zero-order valence-electron chi connectivity index (χ0n) is 12.9. The van der Waals surface area contributed by atoms with E-state index in [0.29, 0.717) is 22.2 Å². The SMILES string of the molecule is Cc1ncn(-c2ncc(NC(=O)c3ccc(Cl)cc3Cl)cn2)c1C. The van der Waals surface area contributed by atoms with E-state index in [1.54, 1.807) is 23.0 Å². The third kappa shape index (κ3) is 3.25. The zero-order chi connectivity index (χ0) is 17.3. The van der Waals surface area contributed by atoms with Crippen LogP contribution in [-0.4, -0.2) is 25.4 Å². The summed E-state index contributed by atoms with van der Waals surface area (Å²) in [6, 6.07) is 4.68. The van der Waals surface area contributed by atoms with E-state index in [2.05, 4.69) is 20.3 Å². The van der Waals surface area contributed by atoms with Crippen LogP contribution in [0.5, 0.6) is 0 Å². The summed E-state index contributed by atoms with van der Waals surface area (Å²) in [4.78, 5) is 25.0. The molecule has 0 bridgehead atoms. The number of amides is 1. The molecule has 0 unspecified atom stereocenters. The van der Waals surface area contributed by atoms with E-state index in [1.807, 2.05) is 13.8 Å². The van der Waals surface area contributed by atoms with Crippen molar-refractivity contribution in [3.8, 4) is 5.95 Å². The highest BCUT2D eigenvalue weighted by Gasteiger charge is 2.12. The molecule has 0 aliphatic carbocycles. The first kappa shape index (κ1) is 16.4. The molecule has 3 aromatic rings. The predicted octanol–water partition coefficient (Wildman–Crippen LogP) is 3.84. The monoisotopic (exact) mass is 361 g/mol. The Hall–Kier alpha value is -2.44. The van der Waals surface area contributed by atoms with Crippen molar-refractivity contribution < 1.29 is 4.79 Å². The number of rotatable bonds is 3. The van der Waals surface area contributed by atoms with Gasteiger partial charge in [-0.2, -0.15) is 0 Å². The molecule has 6 nitrogen and oxygen atoms in total. The standard InChI is InChI=1S/C16H13Cl2N5O/c1-9-10(2)23(8-21-9)16-19-6-12(7-20-16)22-15(24)13-4-3-11(17)5-14(13)18/h3-8H,1-2H3,(H,22,24). The minimum Gasteiger partial charge on any atom is -0.319 e. The lowest BCUT2D eigenvalue weighted by molar-refractivity contribution is 0.102. The molecule has 0 radical (unpaired) electrons. The van der Waals surface area contributed by atoms with Gasteiger partial charge in [0.1, 0.15) is 6.33 Å². The average molecular weight is 362 g/mol. The molecular formula is C16H13Cl2N5O. The number of nitrogens with one attached hydrogen (secondary N) is 1. The maximum atomic E-state index is 12.2. The third-order valence-electron chi connectivity index (χ3n) is 3.54. The highest BCUT2D eigenvalue weighted by Crippen LogP contribution is 2.22. The molecule has 1 amide bonds. The minimum absolute atomic E-state index is 0.280. The molecule has 1 aromatic carbocycles. The Kier molecular flexibility index (Phi) is 4.51. The molecule has 8 heteroatoms. The fraction of sp³-hybridized carbons (Fsp3) is 0.125. The Morgan fingerprint density at radius 2 is 1.83 bits per heavy atom. The second kappa shape index (κ2) is 6.59. The number of hydrogen-bond acceptors (Lipinski definition) is 4. The lowest BCUT2D eigenvalue weighted by Crippen LogP contribution is -2.13. The van der Waals surface area contributed by atoms with E-state index >= 15 is 0 Å². The van der Waals surface area contributed by atoms with Gasteiger partial charge in [0.15, 0.2) is 0 Å². The van der Waals surface area contributed by atoms with Gasteiger partial charge in [-0.05, 0) is 32.0 Å². The van der Waals surface area contributed by atoms with Gasteiger partial charge in [0.05, 0.1) is 34.4 Å². The normalized spacial score (nSPS) is 10.7. The number of benzene rings is 1. The van der Waals surface area contributed by atoms with Crippen LogP contribution in [0.2, 0.25) is 10.0 Å². The van der Waals surface area contributed by atoms with Gasteiger partial charge in [0.25, 0.3) is 5.91 Å². The van der Waals surface area contributed by atoms with E-state index in [-0.39, 0.29) is 10.9 Å². The second-order valence-electron chi connectivity index (χ2n) is 5.14. The number of aryl methyl sites for hydroxylation is 1. The van der Waals surface area contributed by atoms with Crippen LogP contribution >= 0.6 is 23.2 Å². The first-order chi connectivity index (χ1) is 11.5. The first-order valence-corrected chi connectivity index (χ1v) is 7.80. The van der Waals surface area contributed by atoms with Crippen LogP contribution in [0.1, 0.15) is 21.7 Å². The number of hydrogen-bond donors (Lipinski definition) is 1. The fourth-order valence-electron chi connectivity index (χ4n) is 2.08. The summed E-state index contributed by atoms with van der Waals surface area (Å²) in [6.07, 6.45) is 4.71. The van der Waals surface area contributed by atoms with E-state index in [9.17, 15) is 4.79 Å². The number of halogens is 2. The van der Waals surface area contributed by atoms with Crippen molar-refractivity contribution in [1.29, 1.82) is 0 Å². The van der Waals surface area contributed by atoms with E-state index in [1.165, 1.54) is 18.5 Å². The highest BCUT2D eigenvalue weighted by molar-refractivity contribution is 6.37. The predicted molar refractivity (Wildman–Crippen MR) is 93.0 cm³/mol. The van der Waals surface area contributed by atoms with Crippen molar-refractivity contribution in [3.63, 3.8) is 0 Å². The number of carbonyl (C=O) groups is 1. The quantitative estimate of drug-likeness (QED) is 0.768. The summed E-state index contributed by atoms with van der Waals surface area (Å²) in [5.41, 5.74) is 2.66. The lowest BCUT2D eigenvalue weighted by Gasteiger charge is -2.08. The van der Waals surface area contributed by atoms with Crippen molar-refractivity contribution in [2.24, 2.45) is 0 Å². The van der Waals surface area contributed by atoms with E-state index in [4.69, 9.17) is 23.2 Å². The summed E-state index contributed by atoms with van der Waals surface area (Å²) in [7, 11) is 0. The number of anilines is 1. The lowest BCUT2D eigenvalue weighted by atomic mass is 10.2. The van der Waals surface area contributed by atoms with Gasteiger partial charge in [-0.1, -0.05) is 23.2 Å². The Morgan fingerprint density at radius 1 is 1.12 bits per heavy atom. The molecule has 0 saturated heterocycles. The summed E-state index contributed by atoms with van der Waals surface area (Å²) < 4.78 is 1.77. The molecule has 3 rings (SSSR count). The fourth-order valence-corrected chi connectivity index (χ4v) is 2.58. The van der Waals surface area contributed by atoms with Gasteiger partial charge in [-0.15, -0.1) is 0 Å². The van der Waals surface area contributed by atoms with Crippen molar-refractivity contribution >= 4 is 34.8 Å². The van der Waals surface area contributed by atoms with Gasteiger partial charge < -0.3 is 5.32 Å². The van der Waals surface area contributed by atoms with Crippen LogP contribution in [0.3, 0.4) is 0 Å². The molecule has 0 fully saturated rings. The van der Waals surface area contributed by atoms with Gasteiger partial charge in [-0.3, -0.25) is 9.36 Å². The van der Waals surface area contributed by atoms with Gasteiger partial charge in [0.2, 0.25) is 5.95 Å². The zero-order valence-corrected chi connectivity index (χ0v) is 14.4. The van der Waals surface area contributed by atoms with Gasteiger partial charge >= 0.3 is 0 Å². The molecule has 0 aliphatic heterocycles. The Bertz CT molecular complexity index is 905. The van der Waals surface area contributed by atoms with Crippen molar-refractivity contribution in [3.05, 3.63) is 63.9 Å². The molecule has 1 N–H and O–H groups in total. The number of carbonyl (C=O) groups excluding carboxylic acids is 1. The number of aromatic nitrogens is 4. The van der Waals surface area contributed by atoms with Crippen molar-refractivity contribution in [2.45, 2.75) is 13.8 Å². The third-order valence-corrected chi connectivity index (χ3v) is 4.09. The van der Waals surface area contributed by atoms with Gasteiger partial charge in [0, 0.05) is 10.7 Å². The summed E-state index contributed by atoms with van der Waals surface area (Å²) >= 11 is 11.9. The van der Waals surface area contributed by atoms with Crippen LogP contribution in [0, 0.1) is 13.8 Å². The van der Waals surface area contributed by atoms with Crippen LogP contribution < -0.4 is 5.32 Å². The van der Waals surface area contributed by atoms with Crippen LogP contribution in [-0.2, 0) is 0 Å². The maximum absolute atomic E-state index is 12.2. The molecule has 2 aromatic heterocycles. The molecule has 24 heavy (non-hydrogen) atoms. The van der Waals surface area contributed by atoms with Crippen LogP contribution in [0.15, 0.2) is 36.9 Å². The average Bonchev–Trinajstić information content (AvgIpc) is 2.87. The van der Waals surface area contributed by atoms with Crippen molar-refractivity contribution in [1.82, 2.24) is 19.5 Å². The molecule has 0 saturated carbocycles. The number of nitrogens with zero attached hydrogens (tertiary/aromatic N) is 4. The largest absolute Gasteiger partial charge is 0.319 e. The maximum Gasteiger partial charge on any atom is 0.257 e. The second-order valence-corrected chi connectivity index (χ2v) is 5.98. The first-order valence-electron chi connectivity index (χ1n) is 7.05. The smallest absolute Gasteiger partial charge is 0.257 e. The van der Waals surface area contributed by atoms with E-state index in [0.717, 1.165) is 11.4 Å². The molecule has 0 spiro atoms. The van der Waals surface area contributed by atoms with E-state index < -0.39 is 0 Å². The summed E-state index contributed by atoms with van der Waals surface area (Å²) in [5.74, 6) is 0.123. The van der Waals surface area contributed by atoms with Crippen LogP contribution in [0.25, 0.3) is 5.95 Å². The highest BCUT2D eigenvalue weighted by atomic mass is 35.5. The molecule has 0 atom stereocenters. The molecule has 0 aliphatic rings. The molecular weight excluding hydrogens is 349 g/mol. The molecule has 2 heterocycles. The summed E-state index contributed by atoms with van der Waals surface area (Å²) in [5, 5.41) is 3.45. The Balaban J connectivity index is 1.79. The molecule has 122 valence electrons. The Morgan fingerprint density at radius 3 is 2.42 bits per heavy atom. The van der Waals surface area contributed by atoms with Crippen LogP contribution in [0.4, 0.5) is 5.69 Å².